The first-order chi connectivity index (χ1) is 14.8. The summed E-state index contributed by atoms with van der Waals surface area (Å²) in [6.07, 6.45) is 0. The molecule has 0 aliphatic rings. The van der Waals surface area contributed by atoms with E-state index < -0.39 is 16.6 Å². The molecular weight excluding hydrogens is 478 g/mol. The predicted octanol–water partition coefficient (Wildman–Crippen LogP) is 5.98. The maximum Gasteiger partial charge on any atom is 0.156 e. The van der Waals surface area contributed by atoms with Gasteiger partial charge in [0.15, 0.2) is 5.78 Å². The van der Waals surface area contributed by atoms with Gasteiger partial charge in [0.05, 0.1) is 16.6 Å². The van der Waals surface area contributed by atoms with Gasteiger partial charge in [-0.25, -0.2) is 8.78 Å². The van der Waals surface area contributed by atoms with Gasteiger partial charge in [0.1, 0.15) is 23.5 Å². The van der Waals surface area contributed by atoms with E-state index in [4.69, 9.17) is 11.0 Å². The minimum atomic E-state index is -0.798. The van der Waals surface area contributed by atoms with Crippen LogP contribution in [0.2, 0.25) is 0 Å². The summed E-state index contributed by atoms with van der Waals surface area (Å²) >= 11 is 3.10. The van der Waals surface area contributed by atoms with Crippen molar-refractivity contribution in [3.05, 3.63) is 69.2 Å². The number of nitriles is 1. The lowest BCUT2D eigenvalue weighted by Gasteiger charge is -2.23. The van der Waals surface area contributed by atoms with Gasteiger partial charge < -0.3 is 5.73 Å². The Bertz CT molecular complexity index is 996. The molecule has 2 rings (SSSR count). The molecule has 0 saturated heterocycles. The summed E-state index contributed by atoms with van der Waals surface area (Å²) in [4.78, 5) is 23.0. The Labute approximate surface area is 197 Å². The van der Waals surface area contributed by atoms with Gasteiger partial charge in [0.25, 0.3) is 0 Å². The number of hydrogen-bond acceptors (Lipinski definition) is 4. The van der Waals surface area contributed by atoms with Gasteiger partial charge in [0.2, 0.25) is 0 Å². The number of hydrogen-bond donors (Lipinski definition) is 1. The first kappa shape index (κ1) is 29.6. The van der Waals surface area contributed by atoms with Crippen molar-refractivity contribution in [1.82, 2.24) is 0 Å². The molecule has 4 nitrogen and oxygen atoms in total. The van der Waals surface area contributed by atoms with Crippen LogP contribution in [-0.4, -0.2) is 18.1 Å². The van der Waals surface area contributed by atoms with Crippen molar-refractivity contribution in [2.24, 2.45) is 5.73 Å². The van der Waals surface area contributed by atoms with E-state index in [1.54, 1.807) is 32.0 Å². The third-order valence-electron chi connectivity index (χ3n) is 5.21. The van der Waals surface area contributed by atoms with Crippen molar-refractivity contribution >= 4 is 27.5 Å². The highest BCUT2D eigenvalue weighted by molar-refractivity contribution is 9.10. The van der Waals surface area contributed by atoms with Crippen LogP contribution in [0.25, 0.3) is 0 Å². The van der Waals surface area contributed by atoms with Crippen molar-refractivity contribution in [1.29, 1.82) is 5.26 Å². The van der Waals surface area contributed by atoms with Crippen LogP contribution in [0.5, 0.6) is 0 Å². The molecule has 0 aliphatic heterocycles. The van der Waals surface area contributed by atoms with Gasteiger partial charge in [0, 0.05) is 10.8 Å². The van der Waals surface area contributed by atoms with E-state index >= 15 is 0 Å². The molecule has 0 fully saturated rings. The molecule has 32 heavy (non-hydrogen) atoms. The summed E-state index contributed by atoms with van der Waals surface area (Å²) in [7, 11) is 0. The van der Waals surface area contributed by atoms with E-state index in [1.807, 2.05) is 27.7 Å². The molecule has 0 aromatic heterocycles. The lowest BCUT2D eigenvalue weighted by Crippen LogP contribution is -2.34. The van der Waals surface area contributed by atoms with Gasteiger partial charge in [-0.1, -0.05) is 26.0 Å². The normalized spacial score (nSPS) is 10.7. The van der Waals surface area contributed by atoms with E-state index in [1.165, 1.54) is 31.2 Å². The van der Waals surface area contributed by atoms with E-state index in [0.29, 0.717) is 10.0 Å². The highest BCUT2D eigenvalue weighted by atomic mass is 79.9. The molecule has 2 aromatic carbocycles. The number of halogens is 3. The third kappa shape index (κ3) is 7.32. The maximum absolute atomic E-state index is 13.1. The van der Waals surface area contributed by atoms with E-state index in [2.05, 4.69) is 15.9 Å². The molecule has 0 saturated carbocycles. The third-order valence-corrected chi connectivity index (χ3v) is 5.82. The number of nitrogens with zero attached hydrogens (tertiary/aromatic N) is 1. The second-order valence-corrected chi connectivity index (χ2v) is 8.72. The van der Waals surface area contributed by atoms with Crippen LogP contribution in [-0.2, 0) is 20.4 Å². The van der Waals surface area contributed by atoms with Crippen LogP contribution < -0.4 is 5.73 Å². The first-order valence-electron chi connectivity index (χ1n) is 10.2. The van der Waals surface area contributed by atoms with Crippen LogP contribution in [0.3, 0.4) is 0 Å². The molecule has 0 aliphatic carbocycles. The summed E-state index contributed by atoms with van der Waals surface area (Å²) in [5.74, 6) is -0.977. The summed E-state index contributed by atoms with van der Waals surface area (Å²) in [6.45, 7) is 12.5. The zero-order chi connectivity index (χ0) is 25.3. The lowest BCUT2D eigenvalue weighted by molar-refractivity contribution is -0.122. The number of Topliss-reactive ketones (excluding diaryl/α,β-unsaturated/α-hetero) is 2. The Kier molecular flexibility index (Phi) is 11.6. The second-order valence-electron chi connectivity index (χ2n) is 7.87. The minimum absolute atomic E-state index is 0.0598. The molecule has 0 radical (unpaired) electrons. The van der Waals surface area contributed by atoms with Crippen molar-refractivity contribution in [2.75, 3.05) is 6.54 Å². The van der Waals surface area contributed by atoms with Gasteiger partial charge in [-0.15, -0.1) is 0 Å². The summed E-state index contributed by atoms with van der Waals surface area (Å²) in [6, 6.07) is 10.5. The van der Waals surface area contributed by atoms with Crippen LogP contribution in [0.1, 0.15) is 65.2 Å². The number of carbonyl (C=O) groups is 2. The molecule has 2 N–H and O–H groups in total. The fourth-order valence-corrected chi connectivity index (χ4v) is 2.88. The molecule has 0 spiro atoms. The molecule has 0 bridgehead atoms. The second kappa shape index (κ2) is 12.6. The summed E-state index contributed by atoms with van der Waals surface area (Å²) in [5.41, 5.74) is 5.31. The lowest BCUT2D eigenvalue weighted by atomic mass is 9.80. The number of ketones is 2. The first-order valence-corrected chi connectivity index (χ1v) is 11.0. The fraction of sp³-hybridized carbons (Fsp3) is 0.400. The van der Waals surface area contributed by atoms with E-state index in [0.717, 1.165) is 5.56 Å². The molecule has 0 atom stereocenters. The quantitative estimate of drug-likeness (QED) is 0.537. The average Bonchev–Trinajstić information content (AvgIpc) is 2.76. The fourth-order valence-electron chi connectivity index (χ4n) is 2.50. The Morgan fingerprint density at radius 1 is 0.969 bits per heavy atom. The number of rotatable bonds is 5. The van der Waals surface area contributed by atoms with E-state index in [-0.39, 0.29) is 29.5 Å². The SMILES string of the molecule is CC.CC(=O)C(C)(C)c1ccc(F)c(Br)c1.CC(C)(C(=O)CN)c1ccc(F)c(C#N)c1. The Hall–Kier alpha value is -2.43. The average molecular weight is 509 g/mol. The molecule has 0 heterocycles. The highest BCUT2D eigenvalue weighted by Gasteiger charge is 2.29. The van der Waals surface area contributed by atoms with Gasteiger partial charge in [-0.2, -0.15) is 5.26 Å². The predicted molar refractivity (Wildman–Crippen MR) is 127 cm³/mol. The summed E-state index contributed by atoms with van der Waals surface area (Å²) < 4.78 is 26.5. The topological polar surface area (TPSA) is 83.9 Å². The maximum atomic E-state index is 13.1. The zero-order valence-corrected chi connectivity index (χ0v) is 21.2. The Balaban J connectivity index is 0.000000561. The summed E-state index contributed by atoms with van der Waals surface area (Å²) in [5, 5.41) is 8.70. The van der Waals surface area contributed by atoms with Crippen molar-refractivity contribution in [2.45, 2.75) is 59.3 Å². The van der Waals surface area contributed by atoms with Crippen molar-refractivity contribution < 1.29 is 18.4 Å². The molecule has 7 heteroatoms. The van der Waals surface area contributed by atoms with Crippen LogP contribution >= 0.6 is 15.9 Å². The molecule has 2 aromatic rings. The monoisotopic (exact) mass is 508 g/mol. The standard InChI is InChI=1S/C12H13FN2O.C11H12BrFO.C2H6/c1-12(2,11(16)7-15)9-3-4-10(13)8(5-9)6-14;1-7(14)11(2,3)8-4-5-10(13)9(12)6-8;1-2/h3-5H,7,15H2,1-2H3;4-6H,1-3H3;1-2H3. The van der Waals surface area contributed by atoms with E-state index in [9.17, 15) is 18.4 Å². The molecule has 0 unspecified atom stereocenters. The molecular formula is C25H31BrF2N2O2. The van der Waals surface area contributed by atoms with Gasteiger partial charge >= 0.3 is 0 Å². The molecule has 174 valence electrons. The Morgan fingerprint density at radius 2 is 1.44 bits per heavy atom. The van der Waals surface area contributed by atoms with Crippen molar-refractivity contribution in [3.8, 4) is 6.07 Å². The smallest absolute Gasteiger partial charge is 0.156 e. The highest BCUT2D eigenvalue weighted by Crippen LogP contribution is 2.28. The number of benzene rings is 2. The van der Waals surface area contributed by atoms with Crippen LogP contribution in [0.15, 0.2) is 40.9 Å². The number of nitrogens with two attached hydrogens (primary N) is 1. The molecule has 0 amide bonds. The van der Waals surface area contributed by atoms with Crippen molar-refractivity contribution in [3.63, 3.8) is 0 Å². The Morgan fingerprint density at radius 3 is 1.84 bits per heavy atom. The van der Waals surface area contributed by atoms with Crippen LogP contribution in [0, 0.1) is 23.0 Å². The largest absolute Gasteiger partial charge is 0.324 e. The van der Waals surface area contributed by atoms with Crippen LogP contribution in [0.4, 0.5) is 8.78 Å². The number of carbonyl (C=O) groups excluding carboxylic acids is 2. The minimum Gasteiger partial charge on any atom is -0.324 e. The van der Waals surface area contributed by atoms with Gasteiger partial charge in [-0.3, -0.25) is 9.59 Å². The van der Waals surface area contributed by atoms with Gasteiger partial charge in [-0.05, 0) is 85.9 Å². The zero-order valence-electron chi connectivity index (χ0n) is 19.6.